The van der Waals surface area contributed by atoms with Crippen LogP contribution in [0.15, 0.2) is 48.7 Å². The van der Waals surface area contributed by atoms with Gasteiger partial charge in [-0.15, -0.1) is 0 Å². The second-order valence-corrected chi connectivity index (χ2v) is 5.40. The Morgan fingerprint density at radius 1 is 1.00 bits per heavy atom. The summed E-state index contributed by atoms with van der Waals surface area (Å²) < 4.78 is 0. The topological polar surface area (TPSA) is 12.9 Å². The Bertz CT molecular complexity index is 615. The van der Waals surface area contributed by atoms with Crippen molar-refractivity contribution < 1.29 is 0 Å². The summed E-state index contributed by atoms with van der Waals surface area (Å²) in [6, 6.07) is 2.29. The van der Waals surface area contributed by atoms with Crippen molar-refractivity contribution in [2.24, 2.45) is 0 Å². The number of nitrogens with zero attached hydrogens (tertiary/aromatic N) is 1. The normalized spacial score (nSPS) is 17.9. The maximum Gasteiger partial charge on any atom is 0.0664 e. The van der Waals surface area contributed by atoms with E-state index in [4.69, 9.17) is 4.98 Å². The lowest BCUT2D eigenvalue weighted by atomic mass is 9.92. The van der Waals surface area contributed by atoms with Gasteiger partial charge in [0.1, 0.15) is 0 Å². The summed E-state index contributed by atoms with van der Waals surface area (Å²) in [5, 5.41) is 0. The van der Waals surface area contributed by atoms with Crippen LogP contribution in [0, 0.1) is 0 Å². The largest absolute Gasteiger partial charge is 0.256 e. The highest BCUT2D eigenvalue weighted by atomic mass is 14.7. The maximum atomic E-state index is 4.72. The molecule has 0 saturated heterocycles. The first kappa shape index (κ1) is 13.1. The van der Waals surface area contributed by atoms with Gasteiger partial charge in [0.25, 0.3) is 0 Å². The summed E-state index contributed by atoms with van der Waals surface area (Å²) in [4.78, 5) is 4.72. The molecule has 0 bridgehead atoms. The van der Waals surface area contributed by atoms with E-state index in [1.807, 2.05) is 0 Å². The molecule has 102 valence electrons. The second kappa shape index (κ2) is 6.04. The van der Waals surface area contributed by atoms with Crippen molar-refractivity contribution in [3.05, 3.63) is 65.5 Å². The van der Waals surface area contributed by atoms with Crippen LogP contribution in [0.2, 0.25) is 0 Å². The first-order valence-electron chi connectivity index (χ1n) is 7.59. The van der Waals surface area contributed by atoms with Gasteiger partial charge in [-0.05, 0) is 60.4 Å². The molecular formula is C19H21N. The van der Waals surface area contributed by atoms with Gasteiger partial charge in [-0.1, -0.05) is 43.4 Å². The van der Waals surface area contributed by atoms with E-state index < -0.39 is 0 Å². The van der Waals surface area contributed by atoms with Crippen LogP contribution >= 0.6 is 0 Å². The van der Waals surface area contributed by atoms with Gasteiger partial charge in [0.05, 0.1) is 5.69 Å². The molecule has 3 rings (SSSR count). The number of aromatic nitrogens is 1. The number of hydrogen-bond acceptors (Lipinski definition) is 1. The molecule has 20 heavy (non-hydrogen) atoms. The minimum Gasteiger partial charge on any atom is -0.256 e. The quantitative estimate of drug-likeness (QED) is 0.738. The Hall–Kier alpha value is -1.89. The molecule has 1 aromatic heterocycles. The number of aryl methyl sites for hydroxylation is 1. The van der Waals surface area contributed by atoms with E-state index in [-0.39, 0.29) is 0 Å². The molecular weight excluding hydrogens is 242 g/mol. The summed E-state index contributed by atoms with van der Waals surface area (Å²) in [5.74, 6) is 0. The molecule has 1 aromatic rings. The van der Waals surface area contributed by atoms with Gasteiger partial charge in [-0.3, -0.25) is 4.98 Å². The average Bonchev–Trinajstić information content (AvgIpc) is 2.56. The predicted octanol–water partition coefficient (Wildman–Crippen LogP) is 5.11. The number of rotatable bonds is 3. The van der Waals surface area contributed by atoms with Crippen LogP contribution in [-0.4, -0.2) is 4.98 Å². The zero-order valence-electron chi connectivity index (χ0n) is 12.1. The summed E-state index contributed by atoms with van der Waals surface area (Å²) in [6.45, 7) is 2.23. The first-order chi connectivity index (χ1) is 9.88. The molecule has 2 aliphatic rings. The van der Waals surface area contributed by atoms with E-state index in [0.717, 1.165) is 37.8 Å². The van der Waals surface area contributed by atoms with Gasteiger partial charge in [0, 0.05) is 6.20 Å². The molecule has 0 spiro atoms. The summed E-state index contributed by atoms with van der Waals surface area (Å²) in [6.07, 6.45) is 20.9. The minimum atomic E-state index is 1.06. The first-order valence-corrected chi connectivity index (χ1v) is 7.59. The molecule has 1 heterocycles. The molecule has 1 heteroatoms. The van der Waals surface area contributed by atoms with Crippen molar-refractivity contribution in [3.8, 4) is 0 Å². The second-order valence-electron chi connectivity index (χ2n) is 5.40. The molecule has 1 nitrogen and oxygen atoms in total. The van der Waals surface area contributed by atoms with Crippen LogP contribution in [-0.2, 0) is 6.42 Å². The number of hydrogen-bond donors (Lipinski definition) is 0. The highest BCUT2D eigenvalue weighted by Gasteiger charge is 2.12. The minimum absolute atomic E-state index is 1.06. The maximum absolute atomic E-state index is 4.72. The standard InChI is InChI=1S/C19H21N/c1-2-15-13-19(17-11-7-4-8-12-17)20-14-18(15)16-9-5-3-6-10-16/h3-5,7,9,11,13-14H,2,6,8,10,12H2,1H3. The summed E-state index contributed by atoms with van der Waals surface area (Å²) in [7, 11) is 0. The molecule has 0 saturated carbocycles. The van der Waals surface area contributed by atoms with E-state index in [9.17, 15) is 0 Å². The SMILES string of the molecule is CCc1cc(C2=CC=CCC2)ncc1C1=CC=CCC1. The van der Waals surface area contributed by atoms with Gasteiger partial charge in [-0.2, -0.15) is 0 Å². The zero-order chi connectivity index (χ0) is 13.8. The van der Waals surface area contributed by atoms with Crippen LogP contribution < -0.4 is 0 Å². The van der Waals surface area contributed by atoms with Gasteiger partial charge >= 0.3 is 0 Å². The molecule has 0 fully saturated rings. The lowest BCUT2D eigenvalue weighted by Crippen LogP contribution is -2.00. The fourth-order valence-corrected chi connectivity index (χ4v) is 2.90. The summed E-state index contributed by atoms with van der Waals surface area (Å²) >= 11 is 0. The highest BCUT2D eigenvalue weighted by molar-refractivity contribution is 5.73. The summed E-state index contributed by atoms with van der Waals surface area (Å²) in [5.41, 5.74) is 6.72. The van der Waals surface area contributed by atoms with E-state index in [1.165, 1.54) is 22.3 Å². The van der Waals surface area contributed by atoms with Crippen molar-refractivity contribution >= 4 is 11.1 Å². The average molecular weight is 263 g/mol. The molecule has 0 atom stereocenters. The third-order valence-electron chi connectivity index (χ3n) is 4.07. The van der Waals surface area contributed by atoms with Crippen molar-refractivity contribution in [2.75, 3.05) is 0 Å². The fourth-order valence-electron chi connectivity index (χ4n) is 2.90. The van der Waals surface area contributed by atoms with Gasteiger partial charge in [0.2, 0.25) is 0 Å². The monoisotopic (exact) mass is 263 g/mol. The van der Waals surface area contributed by atoms with Gasteiger partial charge in [0.15, 0.2) is 0 Å². The number of allylic oxidation sites excluding steroid dienone is 8. The molecule has 0 aliphatic heterocycles. The molecule has 0 radical (unpaired) electrons. The molecule has 0 amide bonds. The Labute approximate surface area is 121 Å². The molecule has 0 N–H and O–H groups in total. The van der Waals surface area contributed by atoms with E-state index >= 15 is 0 Å². The molecule has 0 aromatic carbocycles. The Kier molecular flexibility index (Phi) is 3.96. The Morgan fingerprint density at radius 2 is 1.70 bits per heavy atom. The third-order valence-corrected chi connectivity index (χ3v) is 4.07. The van der Waals surface area contributed by atoms with E-state index in [2.05, 4.69) is 55.6 Å². The van der Waals surface area contributed by atoms with E-state index in [1.54, 1.807) is 0 Å². The fraction of sp³-hybridized carbons (Fsp3) is 0.316. The molecule has 0 unspecified atom stereocenters. The van der Waals surface area contributed by atoms with Crippen LogP contribution in [0.4, 0.5) is 0 Å². The smallest absolute Gasteiger partial charge is 0.0664 e. The molecule has 2 aliphatic carbocycles. The van der Waals surface area contributed by atoms with Crippen LogP contribution in [0.5, 0.6) is 0 Å². The van der Waals surface area contributed by atoms with Crippen molar-refractivity contribution in [1.82, 2.24) is 4.98 Å². The van der Waals surface area contributed by atoms with Gasteiger partial charge in [-0.25, -0.2) is 0 Å². The lowest BCUT2D eigenvalue weighted by molar-refractivity contribution is 1.01. The van der Waals surface area contributed by atoms with Crippen molar-refractivity contribution in [3.63, 3.8) is 0 Å². The van der Waals surface area contributed by atoms with E-state index in [0.29, 0.717) is 0 Å². The predicted molar refractivity (Wildman–Crippen MR) is 86.3 cm³/mol. The number of pyridine rings is 1. The van der Waals surface area contributed by atoms with Crippen LogP contribution in [0.25, 0.3) is 11.1 Å². The Balaban J connectivity index is 1.97. The van der Waals surface area contributed by atoms with Crippen LogP contribution in [0.3, 0.4) is 0 Å². The third kappa shape index (κ3) is 2.67. The van der Waals surface area contributed by atoms with Gasteiger partial charge < -0.3 is 0 Å². The van der Waals surface area contributed by atoms with Crippen LogP contribution in [0.1, 0.15) is 49.4 Å². The van der Waals surface area contributed by atoms with Crippen molar-refractivity contribution in [2.45, 2.75) is 39.0 Å². The lowest BCUT2D eigenvalue weighted by Gasteiger charge is -2.16. The highest BCUT2D eigenvalue weighted by Crippen LogP contribution is 2.29. The zero-order valence-corrected chi connectivity index (χ0v) is 12.1. The van der Waals surface area contributed by atoms with Crippen molar-refractivity contribution in [1.29, 1.82) is 0 Å². The Morgan fingerprint density at radius 3 is 2.30 bits per heavy atom.